The first-order chi connectivity index (χ1) is 17.3. The summed E-state index contributed by atoms with van der Waals surface area (Å²) in [4.78, 5) is 41.3. The van der Waals surface area contributed by atoms with Crippen molar-refractivity contribution in [2.24, 2.45) is 5.92 Å². The zero-order valence-electron chi connectivity index (χ0n) is 23.5. The van der Waals surface area contributed by atoms with Crippen LogP contribution in [0.5, 0.6) is 5.75 Å². The lowest BCUT2D eigenvalue weighted by molar-refractivity contribution is -0.146. The number of carbonyl (C=O) groups excluding carboxylic acids is 3. The van der Waals surface area contributed by atoms with Gasteiger partial charge >= 0.3 is 6.09 Å². The Balaban J connectivity index is 3.47. The van der Waals surface area contributed by atoms with Crippen LogP contribution in [0.1, 0.15) is 92.2 Å². The number of unbranched alkanes of at least 4 members (excludes halogenated alkanes) is 2. The highest BCUT2D eigenvalue weighted by molar-refractivity contribution is 5.92. The van der Waals surface area contributed by atoms with E-state index in [2.05, 4.69) is 31.4 Å². The van der Waals surface area contributed by atoms with Gasteiger partial charge in [-0.2, -0.15) is 0 Å². The second-order valence-electron chi connectivity index (χ2n) is 10.9. The zero-order chi connectivity index (χ0) is 28.2. The molecular weight excluding hydrogens is 474 g/mol. The Hall–Kier alpha value is -2.81. The summed E-state index contributed by atoms with van der Waals surface area (Å²) in [6.45, 7) is 12.9. The van der Waals surface area contributed by atoms with Crippen LogP contribution in [0.25, 0.3) is 0 Å². The van der Waals surface area contributed by atoms with E-state index in [4.69, 9.17) is 4.74 Å². The Morgan fingerprint density at radius 3 is 2.24 bits per heavy atom. The molecule has 0 aliphatic carbocycles. The van der Waals surface area contributed by atoms with Gasteiger partial charge in [-0.25, -0.2) is 4.79 Å². The van der Waals surface area contributed by atoms with Crippen LogP contribution in [-0.2, 0) is 14.3 Å². The van der Waals surface area contributed by atoms with Gasteiger partial charge in [-0.1, -0.05) is 51.8 Å². The number of aromatic hydroxyl groups is 1. The largest absolute Gasteiger partial charge is 0.508 e. The molecule has 3 unspecified atom stereocenters. The quantitative estimate of drug-likeness (QED) is 0.271. The molecule has 0 aromatic heterocycles. The third-order valence-electron chi connectivity index (χ3n) is 5.90. The van der Waals surface area contributed by atoms with Gasteiger partial charge in [0.15, 0.2) is 0 Å². The fourth-order valence-electron chi connectivity index (χ4n) is 3.95. The minimum atomic E-state index is -1.34. The van der Waals surface area contributed by atoms with Gasteiger partial charge in [0.2, 0.25) is 11.8 Å². The molecule has 0 radical (unpaired) electrons. The summed E-state index contributed by atoms with van der Waals surface area (Å²) in [5, 5.41) is 26.1. The smallest absolute Gasteiger partial charge is 0.408 e. The van der Waals surface area contributed by atoms with Crippen molar-refractivity contribution in [2.45, 2.75) is 104 Å². The van der Waals surface area contributed by atoms with Crippen LogP contribution < -0.4 is 10.6 Å². The normalized spacial score (nSPS) is 14.0. The zero-order valence-corrected chi connectivity index (χ0v) is 23.5. The summed E-state index contributed by atoms with van der Waals surface area (Å²) < 4.78 is 5.28. The molecule has 4 N–H and O–H groups in total. The number of rotatable bonds is 14. The SMILES string of the molecule is CCCCCNC(=O)C(c1ccccc1O)N(C(=O)C(CO)NC(=O)OC(C)(C)C)C(C)CCC(C)C. The molecule has 37 heavy (non-hydrogen) atoms. The second kappa shape index (κ2) is 15.4. The topological polar surface area (TPSA) is 128 Å². The lowest BCUT2D eigenvalue weighted by Crippen LogP contribution is -2.56. The van der Waals surface area contributed by atoms with Crippen molar-refractivity contribution in [3.8, 4) is 5.75 Å². The maximum absolute atomic E-state index is 13.9. The van der Waals surface area contributed by atoms with Crippen molar-refractivity contribution >= 4 is 17.9 Å². The van der Waals surface area contributed by atoms with Gasteiger partial charge in [-0.3, -0.25) is 9.59 Å². The van der Waals surface area contributed by atoms with Crippen LogP contribution in [0.15, 0.2) is 24.3 Å². The minimum Gasteiger partial charge on any atom is -0.508 e. The van der Waals surface area contributed by atoms with Gasteiger partial charge in [0.1, 0.15) is 23.4 Å². The van der Waals surface area contributed by atoms with E-state index in [1.807, 2.05) is 6.92 Å². The molecule has 0 saturated heterocycles. The summed E-state index contributed by atoms with van der Waals surface area (Å²) in [6.07, 6.45) is 3.25. The van der Waals surface area contributed by atoms with E-state index >= 15 is 0 Å². The van der Waals surface area contributed by atoms with Crippen LogP contribution in [0, 0.1) is 5.92 Å². The predicted octanol–water partition coefficient (Wildman–Crippen LogP) is 4.28. The van der Waals surface area contributed by atoms with Crippen LogP contribution in [0.3, 0.4) is 0 Å². The van der Waals surface area contributed by atoms with E-state index in [0.717, 1.165) is 25.7 Å². The highest BCUT2D eigenvalue weighted by Gasteiger charge is 2.39. The lowest BCUT2D eigenvalue weighted by atomic mass is 9.96. The predicted molar refractivity (Wildman–Crippen MR) is 144 cm³/mol. The molecule has 210 valence electrons. The van der Waals surface area contributed by atoms with E-state index in [1.165, 1.54) is 11.0 Å². The van der Waals surface area contributed by atoms with E-state index in [1.54, 1.807) is 39.0 Å². The first kappa shape index (κ1) is 32.2. The average molecular weight is 522 g/mol. The summed E-state index contributed by atoms with van der Waals surface area (Å²) in [7, 11) is 0. The molecule has 0 aliphatic rings. The first-order valence-electron chi connectivity index (χ1n) is 13.3. The van der Waals surface area contributed by atoms with E-state index < -0.39 is 48.2 Å². The molecule has 3 atom stereocenters. The van der Waals surface area contributed by atoms with E-state index in [0.29, 0.717) is 18.9 Å². The Kier molecular flexibility index (Phi) is 13.4. The van der Waals surface area contributed by atoms with Crippen LogP contribution in [-0.4, -0.2) is 63.9 Å². The number of amides is 3. The Morgan fingerprint density at radius 1 is 1.05 bits per heavy atom. The monoisotopic (exact) mass is 521 g/mol. The number of aliphatic hydroxyl groups is 1. The first-order valence-corrected chi connectivity index (χ1v) is 13.3. The molecule has 0 spiro atoms. The van der Waals surface area contributed by atoms with Gasteiger partial charge in [0.25, 0.3) is 0 Å². The van der Waals surface area contributed by atoms with Crippen molar-refractivity contribution in [3.63, 3.8) is 0 Å². The highest BCUT2D eigenvalue weighted by Crippen LogP contribution is 2.32. The molecular formula is C28H47N3O6. The average Bonchev–Trinajstić information content (AvgIpc) is 2.81. The molecule has 1 aromatic rings. The summed E-state index contributed by atoms with van der Waals surface area (Å²) in [5.41, 5.74) is -0.525. The molecule has 0 saturated carbocycles. The molecule has 1 rings (SSSR count). The number of phenolic OH excluding ortho intramolecular Hbond substituents is 1. The number of hydrogen-bond acceptors (Lipinski definition) is 6. The number of phenols is 1. The molecule has 0 fully saturated rings. The van der Waals surface area contributed by atoms with E-state index in [9.17, 15) is 24.6 Å². The molecule has 0 aliphatic heterocycles. The molecule has 3 amide bonds. The molecule has 0 heterocycles. The number of nitrogens with zero attached hydrogens (tertiary/aromatic N) is 1. The third kappa shape index (κ3) is 11.0. The number of carbonyl (C=O) groups is 3. The van der Waals surface area contributed by atoms with Crippen LogP contribution in [0.4, 0.5) is 4.79 Å². The fraction of sp³-hybridized carbons (Fsp3) is 0.679. The van der Waals surface area contributed by atoms with Crippen molar-refractivity contribution in [1.82, 2.24) is 15.5 Å². The lowest BCUT2D eigenvalue weighted by Gasteiger charge is -2.38. The number of benzene rings is 1. The number of hydrogen-bond donors (Lipinski definition) is 4. The molecule has 9 heteroatoms. The number of alkyl carbamates (subject to hydrolysis) is 1. The Labute approximate surface area is 222 Å². The van der Waals surface area contributed by atoms with E-state index in [-0.39, 0.29) is 11.3 Å². The highest BCUT2D eigenvalue weighted by atomic mass is 16.6. The van der Waals surface area contributed by atoms with Crippen molar-refractivity contribution < 1.29 is 29.3 Å². The van der Waals surface area contributed by atoms with Crippen molar-refractivity contribution in [3.05, 3.63) is 29.8 Å². The maximum Gasteiger partial charge on any atom is 0.408 e. The van der Waals surface area contributed by atoms with Gasteiger partial charge in [0, 0.05) is 18.2 Å². The van der Waals surface area contributed by atoms with Crippen LogP contribution in [0.2, 0.25) is 0 Å². The van der Waals surface area contributed by atoms with Crippen LogP contribution >= 0.6 is 0 Å². The number of ether oxygens (including phenoxy) is 1. The van der Waals surface area contributed by atoms with Crippen molar-refractivity contribution in [2.75, 3.05) is 13.2 Å². The molecule has 1 aromatic carbocycles. The maximum atomic E-state index is 13.9. The fourth-order valence-corrected chi connectivity index (χ4v) is 3.95. The summed E-state index contributed by atoms with van der Waals surface area (Å²) in [5.74, 6) is -0.831. The number of aliphatic hydroxyl groups excluding tert-OH is 1. The van der Waals surface area contributed by atoms with Gasteiger partial charge in [-0.05, 0) is 58.9 Å². The van der Waals surface area contributed by atoms with Gasteiger partial charge in [0.05, 0.1) is 6.61 Å². The number of para-hydroxylation sites is 1. The molecule has 0 bridgehead atoms. The van der Waals surface area contributed by atoms with Crippen molar-refractivity contribution in [1.29, 1.82) is 0 Å². The van der Waals surface area contributed by atoms with Gasteiger partial charge in [-0.15, -0.1) is 0 Å². The Morgan fingerprint density at radius 2 is 1.70 bits per heavy atom. The standard InChI is InChI=1S/C28H47N3O6/c1-8-9-12-17-29-25(34)24(21-13-10-11-14-23(21)33)31(20(4)16-15-19(2)3)26(35)22(18-32)30-27(36)37-28(5,6)7/h10-11,13-14,19-20,22,24,32-33H,8-9,12,15-18H2,1-7H3,(H,29,34)(H,30,36). The minimum absolute atomic E-state index is 0.120. The number of nitrogens with one attached hydrogen (secondary N) is 2. The second-order valence-corrected chi connectivity index (χ2v) is 10.9. The summed E-state index contributed by atoms with van der Waals surface area (Å²) in [6, 6.07) is 3.48. The Bertz CT molecular complexity index is 868. The third-order valence-corrected chi connectivity index (χ3v) is 5.90. The molecule has 9 nitrogen and oxygen atoms in total. The summed E-state index contributed by atoms with van der Waals surface area (Å²) >= 11 is 0. The van der Waals surface area contributed by atoms with Gasteiger partial charge < -0.3 is 30.5 Å².